The molecule has 1 heterocycles. The minimum absolute atomic E-state index is 0.181. The van der Waals surface area contributed by atoms with E-state index in [1.165, 1.54) is 6.92 Å². The van der Waals surface area contributed by atoms with Gasteiger partial charge in [0.15, 0.2) is 0 Å². The van der Waals surface area contributed by atoms with E-state index in [1.54, 1.807) is 6.07 Å². The molecule has 17 heavy (non-hydrogen) atoms. The first-order valence-electron chi connectivity index (χ1n) is 5.44. The quantitative estimate of drug-likeness (QED) is 0.698. The molecule has 0 saturated heterocycles. The number of fused-ring (bicyclic) bond motifs is 1. The van der Waals surface area contributed by atoms with Crippen molar-refractivity contribution in [2.75, 3.05) is 0 Å². The summed E-state index contributed by atoms with van der Waals surface area (Å²) in [5, 5.41) is 8.87. The Balaban J connectivity index is 2.76. The van der Waals surface area contributed by atoms with Gasteiger partial charge in [-0.3, -0.25) is 4.98 Å². The van der Waals surface area contributed by atoms with E-state index in [0.717, 1.165) is 12.8 Å². The highest BCUT2D eigenvalue weighted by Gasteiger charge is 2.39. The van der Waals surface area contributed by atoms with Crippen LogP contribution in [0.15, 0.2) is 0 Å². The zero-order valence-corrected chi connectivity index (χ0v) is 9.36. The van der Waals surface area contributed by atoms with Crippen LogP contribution >= 0.6 is 0 Å². The number of hydrogen-bond donors (Lipinski definition) is 0. The van der Waals surface area contributed by atoms with E-state index >= 15 is 0 Å². The van der Waals surface area contributed by atoms with Crippen LogP contribution in [0.5, 0.6) is 0 Å². The fraction of sp³-hybridized carbons (Fsp3) is 0.500. The lowest BCUT2D eigenvalue weighted by atomic mass is 9.89. The molecule has 0 aromatic carbocycles. The lowest BCUT2D eigenvalue weighted by Gasteiger charge is -2.22. The Morgan fingerprint density at radius 2 is 1.88 bits per heavy atom. The zero-order chi connectivity index (χ0) is 12.6. The maximum absolute atomic E-state index is 13.0. The van der Waals surface area contributed by atoms with Crippen LogP contribution in [0.2, 0.25) is 0 Å². The number of hydrogen-bond acceptors (Lipinski definition) is 2. The molecule has 5 heteroatoms. The van der Waals surface area contributed by atoms with Crippen molar-refractivity contribution in [3.05, 3.63) is 28.1 Å². The first kappa shape index (κ1) is 11.9. The van der Waals surface area contributed by atoms with Crippen molar-refractivity contribution in [2.24, 2.45) is 0 Å². The summed E-state index contributed by atoms with van der Waals surface area (Å²) >= 11 is 0. The second-order valence-corrected chi connectivity index (χ2v) is 4.19. The average molecular weight is 240 g/mol. The van der Waals surface area contributed by atoms with Crippen molar-refractivity contribution >= 4 is 0 Å². The highest BCUT2D eigenvalue weighted by atomic mass is 19.4. The Bertz CT molecular complexity index is 498. The van der Waals surface area contributed by atoms with Gasteiger partial charge in [-0.15, -0.1) is 0 Å². The third-order valence-corrected chi connectivity index (χ3v) is 3.05. The predicted molar refractivity (Wildman–Crippen MR) is 55.3 cm³/mol. The molecule has 0 radical (unpaired) electrons. The van der Waals surface area contributed by atoms with Crippen molar-refractivity contribution in [3.8, 4) is 6.07 Å². The second kappa shape index (κ2) is 4.02. The van der Waals surface area contributed by atoms with E-state index in [4.69, 9.17) is 5.26 Å². The molecule has 0 bridgehead atoms. The molecule has 1 aromatic heterocycles. The van der Waals surface area contributed by atoms with Crippen molar-refractivity contribution in [3.63, 3.8) is 0 Å². The summed E-state index contributed by atoms with van der Waals surface area (Å²) in [5.41, 5.74) is -0.160. The first-order chi connectivity index (χ1) is 7.95. The van der Waals surface area contributed by atoms with Gasteiger partial charge >= 0.3 is 6.18 Å². The van der Waals surface area contributed by atoms with E-state index in [2.05, 4.69) is 4.98 Å². The Hall–Kier alpha value is -1.57. The summed E-state index contributed by atoms with van der Waals surface area (Å²) in [6.45, 7) is 1.46. The molecule has 0 unspecified atom stereocenters. The Kier molecular flexibility index (Phi) is 2.82. The van der Waals surface area contributed by atoms with Crippen molar-refractivity contribution in [2.45, 2.75) is 38.8 Å². The number of rotatable bonds is 0. The molecular weight excluding hydrogens is 229 g/mol. The number of aryl methyl sites for hydroxylation is 2. The summed E-state index contributed by atoms with van der Waals surface area (Å²) in [4.78, 5) is 4.14. The molecule has 0 aliphatic heterocycles. The molecule has 1 aliphatic rings. The molecule has 0 spiro atoms. The molecule has 2 rings (SSSR count). The van der Waals surface area contributed by atoms with Crippen LogP contribution in [0.1, 0.15) is 40.9 Å². The van der Waals surface area contributed by atoms with Crippen LogP contribution in [0, 0.1) is 18.3 Å². The standard InChI is InChI=1S/C12H11F3N2/c1-7-9(6-16)11(12(13,14)15)8-4-2-3-5-10(8)17-7/h2-5H2,1H3. The lowest BCUT2D eigenvalue weighted by molar-refractivity contribution is -0.138. The van der Waals surface area contributed by atoms with Gasteiger partial charge in [0.2, 0.25) is 0 Å². The maximum atomic E-state index is 13.0. The van der Waals surface area contributed by atoms with Gasteiger partial charge in [-0.2, -0.15) is 18.4 Å². The van der Waals surface area contributed by atoms with Crippen LogP contribution in [-0.2, 0) is 19.0 Å². The average Bonchev–Trinajstić information content (AvgIpc) is 2.25. The highest BCUT2D eigenvalue weighted by molar-refractivity contribution is 5.49. The fourth-order valence-corrected chi connectivity index (χ4v) is 2.32. The Morgan fingerprint density at radius 1 is 1.24 bits per heavy atom. The number of halogens is 3. The van der Waals surface area contributed by atoms with Crippen LogP contribution < -0.4 is 0 Å². The smallest absolute Gasteiger partial charge is 0.256 e. The summed E-state index contributed by atoms with van der Waals surface area (Å²) < 4.78 is 39.1. The summed E-state index contributed by atoms with van der Waals surface area (Å²) in [7, 11) is 0. The van der Waals surface area contributed by atoms with Gasteiger partial charge in [0.25, 0.3) is 0 Å². The molecule has 0 fully saturated rings. The van der Waals surface area contributed by atoms with Crippen molar-refractivity contribution in [1.29, 1.82) is 5.26 Å². The molecule has 0 amide bonds. The molecular formula is C12H11F3N2. The van der Waals surface area contributed by atoms with Gasteiger partial charge in [0.1, 0.15) is 6.07 Å². The molecule has 2 nitrogen and oxygen atoms in total. The van der Waals surface area contributed by atoms with Crippen molar-refractivity contribution < 1.29 is 13.2 Å². The third-order valence-electron chi connectivity index (χ3n) is 3.05. The largest absolute Gasteiger partial charge is 0.418 e. The normalized spacial score (nSPS) is 15.2. The molecule has 0 N–H and O–H groups in total. The molecule has 90 valence electrons. The number of nitrogens with zero attached hydrogens (tertiary/aromatic N) is 2. The van der Waals surface area contributed by atoms with Crippen LogP contribution in [-0.4, -0.2) is 4.98 Å². The number of aromatic nitrogens is 1. The predicted octanol–water partition coefficient (Wildman–Crippen LogP) is 3.16. The Morgan fingerprint density at radius 3 is 2.47 bits per heavy atom. The first-order valence-corrected chi connectivity index (χ1v) is 5.44. The second-order valence-electron chi connectivity index (χ2n) is 4.19. The summed E-state index contributed by atoms with van der Waals surface area (Å²) in [6, 6.07) is 1.64. The van der Waals surface area contributed by atoms with Gasteiger partial charge in [-0.25, -0.2) is 0 Å². The fourth-order valence-electron chi connectivity index (χ4n) is 2.32. The van der Waals surface area contributed by atoms with Gasteiger partial charge in [0, 0.05) is 5.69 Å². The highest BCUT2D eigenvalue weighted by Crippen LogP contribution is 2.38. The number of pyridine rings is 1. The van der Waals surface area contributed by atoms with Gasteiger partial charge in [-0.05, 0) is 38.2 Å². The minimum Gasteiger partial charge on any atom is -0.256 e. The summed E-state index contributed by atoms with van der Waals surface area (Å²) in [5.74, 6) is 0. The van der Waals surface area contributed by atoms with E-state index in [9.17, 15) is 13.2 Å². The lowest BCUT2D eigenvalue weighted by Crippen LogP contribution is -2.19. The third kappa shape index (κ3) is 1.99. The van der Waals surface area contributed by atoms with E-state index in [1.807, 2.05) is 0 Å². The monoisotopic (exact) mass is 240 g/mol. The number of alkyl halides is 3. The maximum Gasteiger partial charge on any atom is 0.418 e. The van der Waals surface area contributed by atoms with E-state index in [-0.39, 0.29) is 16.8 Å². The van der Waals surface area contributed by atoms with Gasteiger partial charge < -0.3 is 0 Å². The number of nitriles is 1. The van der Waals surface area contributed by atoms with Crippen LogP contribution in [0.25, 0.3) is 0 Å². The van der Waals surface area contributed by atoms with E-state index < -0.39 is 11.7 Å². The SMILES string of the molecule is Cc1nc2c(c(C(F)(F)F)c1C#N)CCCC2. The molecule has 1 aliphatic carbocycles. The molecule has 0 atom stereocenters. The zero-order valence-electron chi connectivity index (χ0n) is 9.36. The van der Waals surface area contributed by atoms with Gasteiger partial charge in [-0.1, -0.05) is 0 Å². The Labute approximate surface area is 97.1 Å². The molecule has 1 aromatic rings. The van der Waals surface area contributed by atoms with Crippen LogP contribution in [0.3, 0.4) is 0 Å². The van der Waals surface area contributed by atoms with Crippen molar-refractivity contribution in [1.82, 2.24) is 4.98 Å². The summed E-state index contributed by atoms with van der Waals surface area (Å²) in [6.07, 6.45) is -1.94. The van der Waals surface area contributed by atoms with Gasteiger partial charge in [0.05, 0.1) is 16.8 Å². The minimum atomic E-state index is -4.47. The molecule has 0 saturated carbocycles. The van der Waals surface area contributed by atoms with Crippen LogP contribution in [0.4, 0.5) is 13.2 Å². The topological polar surface area (TPSA) is 36.7 Å². The van der Waals surface area contributed by atoms with E-state index in [0.29, 0.717) is 18.5 Å².